The van der Waals surface area contributed by atoms with Crippen LogP contribution in [-0.2, 0) is 29.1 Å². The lowest BCUT2D eigenvalue weighted by Crippen LogP contribution is -2.43. The largest absolute Gasteiger partial charge is 0.333 e. The van der Waals surface area contributed by atoms with Gasteiger partial charge >= 0.3 is 0 Å². The van der Waals surface area contributed by atoms with Gasteiger partial charge in [-0.1, -0.05) is 36.4 Å². The van der Waals surface area contributed by atoms with Gasteiger partial charge in [-0.15, -0.1) is 0 Å². The van der Waals surface area contributed by atoms with E-state index in [1.54, 1.807) is 17.0 Å². The Kier molecular flexibility index (Phi) is 4.71. The Hall–Kier alpha value is -3.02. The van der Waals surface area contributed by atoms with Crippen LogP contribution in [0.15, 0.2) is 53.6 Å². The Morgan fingerprint density at radius 1 is 1.00 bits per heavy atom. The number of benzene rings is 2. The second kappa shape index (κ2) is 7.31. The number of rotatable bonds is 3. The molecule has 27 heavy (non-hydrogen) atoms. The third-order valence-corrected chi connectivity index (χ3v) is 5.02. The molecule has 5 nitrogen and oxygen atoms in total. The molecule has 0 atom stereocenters. The van der Waals surface area contributed by atoms with Crippen molar-refractivity contribution in [1.29, 1.82) is 0 Å². The van der Waals surface area contributed by atoms with E-state index in [2.05, 4.69) is 11.2 Å². The van der Waals surface area contributed by atoms with Crippen LogP contribution in [0, 0.1) is 5.82 Å². The smallest absolute Gasteiger partial charge is 0.270 e. The van der Waals surface area contributed by atoms with Gasteiger partial charge < -0.3 is 4.90 Å². The topological polar surface area (TPSA) is 53.0 Å². The van der Waals surface area contributed by atoms with Crippen LogP contribution in [0.4, 0.5) is 4.39 Å². The number of hydrogen-bond acceptors (Lipinski definition) is 3. The summed E-state index contributed by atoms with van der Waals surface area (Å²) < 4.78 is 13.1. The zero-order chi connectivity index (χ0) is 18.8. The van der Waals surface area contributed by atoms with E-state index in [0.29, 0.717) is 25.2 Å². The Labute approximate surface area is 157 Å². The fourth-order valence-electron chi connectivity index (χ4n) is 3.49. The zero-order valence-electron chi connectivity index (χ0n) is 14.9. The average molecular weight is 365 g/mol. The highest BCUT2D eigenvalue weighted by molar-refractivity contribution is 6.39. The third kappa shape index (κ3) is 3.74. The minimum absolute atomic E-state index is 0.110. The van der Waals surface area contributed by atoms with E-state index in [0.717, 1.165) is 17.5 Å². The number of carbonyl (C=O) groups is 2. The first-order chi connectivity index (χ1) is 13.1. The lowest BCUT2D eigenvalue weighted by atomic mass is 9.99. The molecule has 2 aliphatic heterocycles. The minimum Gasteiger partial charge on any atom is -0.333 e. The van der Waals surface area contributed by atoms with Crippen molar-refractivity contribution >= 4 is 17.5 Å². The molecule has 138 valence electrons. The van der Waals surface area contributed by atoms with E-state index < -0.39 is 0 Å². The Morgan fingerprint density at radius 3 is 2.52 bits per heavy atom. The van der Waals surface area contributed by atoms with Gasteiger partial charge in [0.05, 0.1) is 6.54 Å². The molecule has 0 N–H and O–H groups in total. The zero-order valence-corrected chi connectivity index (χ0v) is 14.9. The van der Waals surface area contributed by atoms with Crippen molar-refractivity contribution < 1.29 is 14.0 Å². The first-order valence-electron chi connectivity index (χ1n) is 9.08. The van der Waals surface area contributed by atoms with Gasteiger partial charge in [-0.05, 0) is 35.2 Å². The molecule has 0 saturated heterocycles. The average Bonchev–Trinajstić information content (AvgIpc) is 2.70. The Morgan fingerprint density at radius 2 is 1.74 bits per heavy atom. The van der Waals surface area contributed by atoms with Gasteiger partial charge in [0.1, 0.15) is 11.5 Å². The van der Waals surface area contributed by atoms with Crippen LogP contribution < -0.4 is 0 Å². The lowest BCUT2D eigenvalue weighted by Gasteiger charge is -2.31. The molecule has 2 aliphatic rings. The molecular formula is C21H20FN3O2. The summed E-state index contributed by atoms with van der Waals surface area (Å²) >= 11 is 0. The molecular weight excluding hydrogens is 345 g/mol. The summed E-state index contributed by atoms with van der Waals surface area (Å²) in [5.41, 5.74) is 3.62. The number of halogens is 1. The maximum atomic E-state index is 13.1. The highest BCUT2D eigenvalue weighted by atomic mass is 19.1. The monoisotopic (exact) mass is 365 g/mol. The molecule has 0 unspecified atom stereocenters. The standard InChI is InChI=1S/C21H20FN3O2/c22-18-7-5-15(6-8-18)13-25-20(26)10-9-19(23-25)21(27)24-12-11-16-3-1-2-4-17(16)14-24/h1-8H,9-14H2. The van der Waals surface area contributed by atoms with Crippen molar-refractivity contribution in [2.75, 3.05) is 6.54 Å². The quantitative estimate of drug-likeness (QED) is 0.840. The summed E-state index contributed by atoms with van der Waals surface area (Å²) in [6.07, 6.45) is 1.44. The van der Waals surface area contributed by atoms with Gasteiger partial charge in [-0.2, -0.15) is 5.10 Å². The van der Waals surface area contributed by atoms with Gasteiger partial charge in [0.25, 0.3) is 5.91 Å². The van der Waals surface area contributed by atoms with Gasteiger partial charge in [0.15, 0.2) is 0 Å². The maximum Gasteiger partial charge on any atom is 0.270 e. The second-order valence-corrected chi connectivity index (χ2v) is 6.87. The minimum atomic E-state index is -0.325. The summed E-state index contributed by atoms with van der Waals surface area (Å²) in [5.74, 6) is -0.561. The molecule has 2 heterocycles. The fraction of sp³-hybridized carbons (Fsp3) is 0.286. The molecule has 2 aromatic carbocycles. The van der Waals surface area contributed by atoms with E-state index >= 15 is 0 Å². The van der Waals surface area contributed by atoms with E-state index in [4.69, 9.17) is 0 Å². The van der Waals surface area contributed by atoms with E-state index in [9.17, 15) is 14.0 Å². The van der Waals surface area contributed by atoms with Gasteiger partial charge in [0, 0.05) is 25.9 Å². The van der Waals surface area contributed by atoms with Gasteiger partial charge in [-0.3, -0.25) is 9.59 Å². The molecule has 6 heteroatoms. The summed E-state index contributed by atoms with van der Waals surface area (Å²) in [6.45, 7) is 1.46. The Balaban J connectivity index is 1.50. The normalized spacial score (nSPS) is 16.8. The second-order valence-electron chi connectivity index (χ2n) is 6.87. The van der Waals surface area contributed by atoms with E-state index in [1.807, 2.05) is 18.2 Å². The van der Waals surface area contributed by atoms with Crippen molar-refractivity contribution in [3.8, 4) is 0 Å². The molecule has 0 spiro atoms. The van der Waals surface area contributed by atoms with Crippen LogP contribution in [0.2, 0.25) is 0 Å². The number of hydrogen-bond donors (Lipinski definition) is 0. The summed E-state index contributed by atoms with van der Waals surface area (Å²) in [7, 11) is 0. The highest BCUT2D eigenvalue weighted by Crippen LogP contribution is 2.21. The van der Waals surface area contributed by atoms with Crippen LogP contribution >= 0.6 is 0 Å². The molecule has 0 fully saturated rings. The number of hydrazone groups is 1. The van der Waals surface area contributed by atoms with Crippen LogP contribution in [0.5, 0.6) is 0 Å². The van der Waals surface area contributed by atoms with Crippen molar-refractivity contribution in [2.24, 2.45) is 5.10 Å². The SMILES string of the molecule is O=C(C1=NN(Cc2ccc(F)cc2)C(=O)CC1)N1CCc2ccccc2C1. The molecule has 0 aromatic heterocycles. The van der Waals surface area contributed by atoms with Gasteiger partial charge in [-0.25, -0.2) is 9.40 Å². The predicted octanol–water partition coefficient (Wildman–Crippen LogP) is 2.89. The molecule has 4 rings (SSSR count). The first-order valence-corrected chi connectivity index (χ1v) is 9.08. The number of nitrogens with zero attached hydrogens (tertiary/aromatic N) is 3. The predicted molar refractivity (Wildman–Crippen MR) is 99.2 cm³/mol. The molecule has 2 amide bonds. The highest BCUT2D eigenvalue weighted by Gasteiger charge is 2.29. The molecule has 0 radical (unpaired) electrons. The fourth-order valence-corrected chi connectivity index (χ4v) is 3.49. The summed E-state index contributed by atoms with van der Waals surface area (Å²) in [4.78, 5) is 26.9. The Bertz CT molecular complexity index is 908. The van der Waals surface area contributed by atoms with Crippen molar-refractivity contribution in [3.63, 3.8) is 0 Å². The number of carbonyl (C=O) groups excluding carboxylic acids is 2. The van der Waals surface area contributed by atoms with E-state index in [-0.39, 0.29) is 30.6 Å². The molecule has 0 saturated carbocycles. The molecule has 0 aliphatic carbocycles. The number of amides is 2. The number of fused-ring (bicyclic) bond motifs is 1. The van der Waals surface area contributed by atoms with Crippen LogP contribution in [-0.4, -0.2) is 34.0 Å². The van der Waals surface area contributed by atoms with Gasteiger partial charge in [0.2, 0.25) is 5.91 Å². The van der Waals surface area contributed by atoms with Crippen LogP contribution in [0.1, 0.15) is 29.5 Å². The van der Waals surface area contributed by atoms with Crippen molar-refractivity contribution in [2.45, 2.75) is 32.4 Å². The lowest BCUT2D eigenvalue weighted by molar-refractivity contribution is -0.132. The maximum absolute atomic E-state index is 13.1. The van der Waals surface area contributed by atoms with Crippen LogP contribution in [0.25, 0.3) is 0 Å². The van der Waals surface area contributed by atoms with Crippen molar-refractivity contribution in [1.82, 2.24) is 9.91 Å². The van der Waals surface area contributed by atoms with Crippen molar-refractivity contribution in [3.05, 3.63) is 71.0 Å². The summed E-state index contributed by atoms with van der Waals surface area (Å²) in [5, 5.41) is 5.65. The summed E-state index contributed by atoms with van der Waals surface area (Å²) in [6, 6.07) is 14.1. The third-order valence-electron chi connectivity index (χ3n) is 5.02. The van der Waals surface area contributed by atoms with Crippen LogP contribution in [0.3, 0.4) is 0 Å². The first kappa shape index (κ1) is 17.4. The molecule has 0 bridgehead atoms. The van der Waals surface area contributed by atoms with E-state index in [1.165, 1.54) is 22.7 Å². The molecule has 2 aromatic rings.